The van der Waals surface area contributed by atoms with Crippen molar-refractivity contribution in [1.82, 2.24) is 0 Å². The summed E-state index contributed by atoms with van der Waals surface area (Å²) in [7, 11) is 0. The first kappa shape index (κ1) is 14.7. The molecule has 0 bridgehead atoms. The van der Waals surface area contributed by atoms with E-state index >= 15 is 0 Å². The molecule has 0 aliphatic rings. The van der Waals surface area contributed by atoms with Gasteiger partial charge in [-0.05, 0) is 42.8 Å². The normalized spacial score (nSPS) is 10.2. The molecule has 2 rings (SSSR count). The third kappa shape index (κ3) is 4.15. The predicted molar refractivity (Wildman–Crippen MR) is 84.8 cm³/mol. The fourth-order valence-electron chi connectivity index (χ4n) is 1.73. The van der Waals surface area contributed by atoms with Crippen molar-refractivity contribution in [3.63, 3.8) is 0 Å². The van der Waals surface area contributed by atoms with Gasteiger partial charge in [-0.3, -0.25) is 4.79 Å². The molecule has 5 heteroatoms. The van der Waals surface area contributed by atoms with Gasteiger partial charge < -0.3 is 10.6 Å². The van der Waals surface area contributed by atoms with E-state index < -0.39 is 0 Å². The Balaban J connectivity index is 1.94. The van der Waals surface area contributed by atoms with Gasteiger partial charge in [0.25, 0.3) is 0 Å². The zero-order valence-electron chi connectivity index (χ0n) is 10.9. The lowest BCUT2D eigenvalue weighted by atomic mass is 10.2. The third-order valence-corrected chi connectivity index (χ3v) is 3.22. The Kier molecular flexibility index (Phi) is 4.88. The zero-order valence-corrected chi connectivity index (χ0v) is 12.4. The number of carbonyl (C=O) groups excluding carboxylic acids is 1. The van der Waals surface area contributed by atoms with Crippen molar-refractivity contribution < 1.29 is 4.79 Å². The Bertz CT molecular complexity index is 629. The van der Waals surface area contributed by atoms with Crippen LogP contribution in [0.1, 0.15) is 5.56 Å². The van der Waals surface area contributed by atoms with Crippen LogP contribution in [-0.4, -0.2) is 12.5 Å². The van der Waals surface area contributed by atoms with Crippen LogP contribution in [0.5, 0.6) is 0 Å². The summed E-state index contributed by atoms with van der Waals surface area (Å²) in [6.45, 7) is 2.11. The van der Waals surface area contributed by atoms with Gasteiger partial charge >= 0.3 is 0 Å². The number of amides is 1. The summed E-state index contributed by atoms with van der Waals surface area (Å²) >= 11 is 11.8. The summed E-state index contributed by atoms with van der Waals surface area (Å²) in [5, 5.41) is 7.04. The molecule has 0 saturated heterocycles. The molecule has 2 aromatic rings. The maximum Gasteiger partial charge on any atom is 0.243 e. The van der Waals surface area contributed by atoms with Crippen LogP contribution in [0.15, 0.2) is 42.5 Å². The first-order valence-corrected chi connectivity index (χ1v) is 6.85. The van der Waals surface area contributed by atoms with Crippen molar-refractivity contribution in [3.05, 3.63) is 58.1 Å². The SMILES string of the molecule is Cc1ccc(Cl)cc1NCC(=O)Nc1cccc(Cl)c1. The number of nitrogens with one attached hydrogen (secondary N) is 2. The van der Waals surface area contributed by atoms with Gasteiger partial charge in [-0.15, -0.1) is 0 Å². The van der Waals surface area contributed by atoms with Crippen molar-refractivity contribution in [2.45, 2.75) is 6.92 Å². The first-order chi connectivity index (χ1) is 9.54. The summed E-state index contributed by atoms with van der Waals surface area (Å²) in [5.74, 6) is -0.147. The van der Waals surface area contributed by atoms with E-state index in [4.69, 9.17) is 23.2 Å². The Morgan fingerprint density at radius 2 is 1.85 bits per heavy atom. The van der Waals surface area contributed by atoms with Gasteiger partial charge in [0.1, 0.15) is 0 Å². The van der Waals surface area contributed by atoms with E-state index in [9.17, 15) is 4.79 Å². The van der Waals surface area contributed by atoms with Gasteiger partial charge in [0.15, 0.2) is 0 Å². The molecular formula is C15H14Cl2N2O. The van der Waals surface area contributed by atoms with Crippen molar-refractivity contribution in [2.24, 2.45) is 0 Å². The van der Waals surface area contributed by atoms with Crippen molar-refractivity contribution in [2.75, 3.05) is 17.2 Å². The second-order valence-electron chi connectivity index (χ2n) is 4.37. The summed E-state index contributed by atoms with van der Waals surface area (Å²) < 4.78 is 0. The molecule has 3 nitrogen and oxygen atoms in total. The van der Waals surface area contributed by atoms with Gasteiger partial charge in [0, 0.05) is 21.4 Å². The molecule has 0 heterocycles. The second kappa shape index (κ2) is 6.64. The van der Waals surface area contributed by atoms with Gasteiger partial charge in [0.2, 0.25) is 5.91 Å². The van der Waals surface area contributed by atoms with Crippen LogP contribution in [0.2, 0.25) is 10.0 Å². The summed E-state index contributed by atoms with van der Waals surface area (Å²) in [5.41, 5.74) is 2.55. The lowest BCUT2D eigenvalue weighted by Gasteiger charge is -2.10. The minimum Gasteiger partial charge on any atom is -0.376 e. The molecule has 104 valence electrons. The van der Waals surface area contributed by atoms with Crippen LogP contribution in [-0.2, 0) is 4.79 Å². The van der Waals surface area contributed by atoms with Crippen molar-refractivity contribution >= 4 is 40.5 Å². The van der Waals surface area contributed by atoms with Crippen LogP contribution in [0.25, 0.3) is 0 Å². The molecule has 0 unspecified atom stereocenters. The molecule has 1 amide bonds. The summed E-state index contributed by atoms with van der Waals surface area (Å²) in [4.78, 5) is 11.8. The number of halogens is 2. The molecule has 0 aromatic heterocycles. The first-order valence-electron chi connectivity index (χ1n) is 6.10. The Morgan fingerprint density at radius 1 is 1.10 bits per heavy atom. The van der Waals surface area contributed by atoms with E-state index in [0.29, 0.717) is 15.7 Å². The lowest BCUT2D eigenvalue weighted by Crippen LogP contribution is -2.22. The minimum absolute atomic E-state index is 0.147. The molecule has 2 aromatic carbocycles. The maximum atomic E-state index is 11.8. The highest BCUT2D eigenvalue weighted by Crippen LogP contribution is 2.20. The maximum absolute atomic E-state index is 11.8. The monoisotopic (exact) mass is 308 g/mol. The molecule has 0 saturated carbocycles. The molecule has 0 atom stereocenters. The smallest absolute Gasteiger partial charge is 0.243 e. The highest BCUT2D eigenvalue weighted by atomic mass is 35.5. The van der Waals surface area contributed by atoms with Gasteiger partial charge in [-0.2, -0.15) is 0 Å². The molecule has 0 fully saturated rings. The van der Waals surface area contributed by atoms with Gasteiger partial charge in [-0.1, -0.05) is 35.3 Å². The molecule has 0 aliphatic heterocycles. The number of carbonyl (C=O) groups is 1. The van der Waals surface area contributed by atoms with E-state index in [1.807, 2.05) is 19.1 Å². The van der Waals surface area contributed by atoms with E-state index in [-0.39, 0.29) is 12.5 Å². The predicted octanol–water partition coefficient (Wildman–Crippen LogP) is 4.35. The Morgan fingerprint density at radius 3 is 2.60 bits per heavy atom. The highest BCUT2D eigenvalue weighted by Gasteiger charge is 2.04. The molecule has 20 heavy (non-hydrogen) atoms. The third-order valence-electron chi connectivity index (χ3n) is 2.75. The summed E-state index contributed by atoms with van der Waals surface area (Å²) in [6, 6.07) is 12.5. The Labute approximate surface area is 127 Å². The fraction of sp³-hybridized carbons (Fsp3) is 0.133. The molecular weight excluding hydrogens is 295 g/mol. The van der Waals surface area contributed by atoms with E-state index in [1.54, 1.807) is 30.3 Å². The number of anilines is 2. The lowest BCUT2D eigenvalue weighted by molar-refractivity contribution is -0.114. The molecule has 2 N–H and O–H groups in total. The van der Waals surface area contributed by atoms with Crippen LogP contribution >= 0.6 is 23.2 Å². The molecule has 0 radical (unpaired) electrons. The number of hydrogen-bond donors (Lipinski definition) is 2. The number of hydrogen-bond acceptors (Lipinski definition) is 2. The summed E-state index contributed by atoms with van der Waals surface area (Å²) in [6.07, 6.45) is 0. The highest BCUT2D eigenvalue weighted by molar-refractivity contribution is 6.31. The average molecular weight is 309 g/mol. The van der Waals surface area contributed by atoms with Crippen LogP contribution < -0.4 is 10.6 Å². The molecule has 0 aliphatic carbocycles. The van der Waals surface area contributed by atoms with E-state index in [0.717, 1.165) is 11.3 Å². The van der Waals surface area contributed by atoms with Crippen molar-refractivity contribution in [1.29, 1.82) is 0 Å². The van der Waals surface area contributed by atoms with Crippen molar-refractivity contribution in [3.8, 4) is 0 Å². The fourth-order valence-corrected chi connectivity index (χ4v) is 2.09. The Hall–Kier alpha value is -1.71. The zero-order chi connectivity index (χ0) is 14.5. The minimum atomic E-state index is -0.147. The second-order valence-corrected chi connectivity index (χ2v) is 5.24. The van der Waals surface area contributed by atoms with E-state index in [1.165, 1.54) is 0 Å². The van der Waals surface area contributed by atoms with Crippen LogP contribution in [0.4, 0.5) is 11.4 Å². The van der Waals surface area contributed by atoms with Crippen LogP contribution in [0, 0.1) is 6.92 Å². The number of aryl methyl sites for hydroxylation is 1. The van der Waals surface area contributed by atoms with Gasteiger partial charge in [0.05, 0.1) is 6.54 Å². The average Bonchev–Trinajstić information content (AvgIpc) is 2.40. The number of benzene rings is 2. The van der Waals surface area contributed by atoms with Gasteiger partial charge in [-0.25, -0.2) is 0 Å². The topological polar surface area (TPSA) is 41.1 Å². The van der Waals surface area contributed by atoms with Crippen LogP contribution in [0.3, 0.4) is 0 Å². The van der Waals surface area contributed by atoms with E-state index in [2.05, 4.69) is 10.6 Å². The largest absolute Gasteiger partial charge is 0.376 e. The number of rotatable bonds is 4. The quantitative estimate of drug-likeness (QED) is 0.881. The standard InChI is InChI=1S/C15H14Cl2N2O/c1-10-5-6-12(17)8-14(10)18-9-15(20)19-13-4-2-3-11(16)7-13/h2-8,18H,9H2,1H3,(H,19,20). The molecule has 0 spiro atoms.